The van der Waals surface area contributed by atoms with Crippen molar-refractivity contribution in [2.24, 2.45) is 0 Å². The van der Waals surface area contributed by atoms with Crippen molar-refractivity contribution >= 4 is 46.7 Å². The summed E-state index contributed by atoms with van der Waals surface area (Å²) in [5, 5.41) is 0. The Morgan fingerprint density at radius 1 is 1.25 bits per heavy atom. The average Bonchev–Trinajstić information content (AvgIpc) is 2.12. The zero-order chi connectivity index (χ0) is 5.98. The monoisotopic (exact) mass is 186 g/mol. The fourth-order valence-electron chi connectivity index (χ4n) is 0.420. The van der Waals surface area contributed by atoms with Crippen molar-refractivity contribution in [1.29, 1.82) is 0 Å². The van der Waals surface area contributed by atoms with E-state index in [2.05, 4.69) is 0 Å². The molecule has 0 N–H and O–H groups in total. The second-order valence-corrected chi connectivity index (χ2v) is 4.66. The Morgan fingerprint density at radius 2 is 1.75 bits per heavy atom. The van der Waals surface area contributed by atoms with Crippen molar-refractivity contribution in [2.75, 3.05) is 11.5 Å². The Balaban J connectivity index is 2.58. The van der Waals surface area contributed by atoms with Gasteiger partial charge in [-0.2, -0.15) is 0 Å². The van der Waals surface area contributed by atoms with Gasteiger partial charge in [0, 0.05) is 11.5 Å². The van der Waals surface area contributed by atoms with Crippen LogP contribution in [0.1, 0.15) is 0 Å². The van der Waals surface area contributed by atoms with Gasteiger partial charge in [-0.05, 0) is 0 Å². The number of rotatable bonds is 0. The van der Waals surface area contributed by atoms with E-state index in [0.29, 0.717) is 4.49 Å². The summed E-state index contributed by atoms with van der Waals surface area (Å²) >= 11 is 14.4. The largest absolute Gasteiger partial charge is 0.126 e. The van der Waals surface area contributed by atoms with Crippen LogP contribution in [0.3, 0.4) is 0 Å². The van der Waals surface area contributed by atoms with Crippen LogP contribution in [-0.2, 0) is 0 Å². The molecule has 1 rings (SSSR count). The first-order valence-corrected chi connectivity index (χ1v) is 4.84. The number of hydrogen-bond acceptors (Lipinski definition) is 2. The van der Waals surface area contributed by atoms with Crippen LogP contribution in [0.25, 0.3) is 0 Å². The zero-order valence-corrected chi connectivity index (χ0v) is 7.13. The molecule has 0 aromatic heterocycles. The Kier molecular flexibility index (Phi) is 2.90. The number of halogens is 2. The van der Waals surface area contributed by atoms with Gasteiger partial charge >= 0.3 is 0 Å². The first-order chi connectivity index (χ1) is 3.80. The van der Waals surface area contributed by atoms with Crippen LogP contribution in [0.15, 0.2) is 8.73 Å². The molecule has 1 aliphatic heterocycles. The fraction of sp³-hybridized carbons (Fsp3) is 0.500. The van der Waals surface area contributed by atoms with Gasteiger partial charge < -0.3 is 0 Å². The third kappa shape index (κ3) is 1.76. The smallest absolute Gasteiger partial charge is 0.116 e. The van der Waals surface area contributed by atoms with Crippen molar-refractivity contribution in [3.05, 3.63) is 8.73 Å². The number of hydrogen-bond donors (Lipinski definition) is 0. The van der Waals surface area contributed by atoms with Gasteiger partial charge in [0.25, 0.3) is 0 Å². The van der Waals surface area contributed by atoms with E-state index in [1.165, 1.54) is 0 Å². The molecule has 0 spiro atoms. The first-order valence-electron chi connectivity index (χ1n) is 2.11. The topological polar surface area (TPSA) is 0 Å². The molecule has 0 aromatic carbocycles. The van der Waals surface area contributed by atoms with E-state index < -0.39 is 0 Å². The first kappa shape index (κ1) is 7.13. The maximum atomic E-state index is 5.49. The van der Waals surface area contributed by atoms with Crippen LogP contribution < -0.4 is 0 Å². The van der Waals surface area contributed by atoms with E-state index in [1.54, 1.807) is 23.5 Å². The second kappa shape index (κ2) is 3.25. The van der Waals surface area contributed by atoms with E-state index in [9.17, 15) is 0 Å². The fourth-order valence-corrected chi connectivity index (χ4v) is 3.16. The summed E-state index contributed by atoms with van der Waals surface area (Å²) in [5.41, 5.74) is 0. The maximum Gasteiger partial charge on any atom is 0.126 e. The molecule has 0 nitrogen and oxygen atoms in total. The van der Waals surface area contributed by atoms with Crippen molar-refractivity contribution in [3.8, 4) is 0 Å². The third-order valence-electron chi connectivity index (χ3n) is 0.704. The van der Waals surface area contributed by atoms with Crippen molar-refractivity contribution in [2.45, 2.75) is 0 Å². The predicted molar refractivity (Wildman–Crippen MR) is 43.6 cm³/mol. The summed E-state index contributed by atoms with van der Waals surface area (Å²) in [6, 6.07) is 0. The minimum Gasteiger partial charge on any atom is -0.116 e. The molecule has 1 aliphatic rings. The Labute approximate surface area is 67.0 Å². The van der Waals surface area contributed by atoms with Crippen molar-refractivity contribution in [3.63, 3.8) is 0 Å². The van der Waals surface area contributed by atoms with Crippen molar-refractivity contribution in [1.82, 2.24) is 0 Å². The average molecular weight is 187 g/mol. The van der Waals surface area contributed by atoms with Gasteiger partial charge in [0.2, 0.25) is 0 Å². The highest BCUT2D eigenvalue weighted by molar-refractivity contribution is 8.25. The van der Waals surface area contributed by atoms with Crippen LogP contribution >= 0.6 is 46.7 Å². The van der Waals surface area contributed by atoms with Crippen LogP contribution in [0, 0.1) is 0 Å². The van der Waals surface area contributed by atoms with E-state index in [0.717, 1.165) is 15.7 Å². The highest BCUT2D eigenvalue weighted by Crippen LogP contribution is 2.40. The van der Waals surface area contributed by atoms with Gasteiger partial charge in [-0.1, -0.05) is 23.2 Å². The molecule has 4 heteroatoms. The standard InChI is InChI=1S/C4H4Cl2S2/c5-3(6)4-7-1-2-8-4/h1-2H2. The SMILES string of the molecule is ClC(Cl)=C1SCCS1. The second-order valence-electron chi connectivity index (χ2n) is 1.24. The normalized spacial score (nSPS) is 19.5. The minimum absolute atomic E-state index is 0.428. The Morgan fingerprint density at radius 3 is 2.00 bits per heavy atom. The molecule has 1 fully saturated rings. The van der Waals surface area contributed by atoms with Gasteiger partial charge in [-0.25, -0.2) is 0 Å². The van der Waals surface area contributed by atoms with Gasteiger partial charge in [-0.15, -0.1) is 23.5 Å². The van der Waals surface area contributed by atoms with Gasteiger partial charge in [0.1, 0.15) is 4.49 Å². The van der Waals surface area contributed by atoms with Crippen LogP contribution in [-0.4, -0.2) is 11.5 Å². The van der Waals surface area contributed by atoms with E-state index in [4.69, 9.17) is 23.2 Å². The summed E-state index contributed by atoms with van der Waals surface area (Å²) in [6.45, 7) is 0. The number of thioether (sulfide) groups is 2. The molecule has 0 atom stereocenters. The third-order valence-corrected chi connectivity index (χ3v) is 4.24. The lowest BCUT2D eigenvalue weighted by Crippen LogP contribution is -1.64. The molecular weight excluding hydrogens is 183 g/mol. The quantitative estimate of drug-likeness (QED) is 0.571. The summed E-state index contributed by atoms with van der Waals surface area (Å²) in [4.78, 5) is 0. The molecule has 1 saturated heterocycles. The predicted octanol–water partition coefficient (Wildman–Crippen LogP) is 3.07. The van der Waals surface area contributed by atoms with Gasteiger partial charge in [0.15, 0.2) is 0 Å². The molecule has 1 heterocycles. The molecule has 0 unspecified atom stereocenters. The molecule has 0 bridgehead atoms. The van der Waals surface area contributed by atoms with Gasteiger partial charge in [-0.3, -0.25) is 0 Å². The lowest BCUT2D eigenvalue weighted by molar-refractivity contribution is 1.59. The van der Waals surface area contributed by atoms with E-state index >= 15 is 0 Å². The van der Waals surface area contributed by atoms with E-state index in [1.807, 2.05) is 0 Å². The molecular formula is C4H4Cl2S2. The maximum absolute atomic E-state index is 5.49. The van der Waals surface area contributed by atoms with Crippen molar-refractivity contribution < 1.29 is 0 Å². The zero-order valence-electron chi connectivity index (χ0n) is 3.99. The van der Waals surface area contributed by atoms with Crippen LogP contribution in [0.5, 0.6) is 0 Å². The van der Waals surface area contributed by atoms with Crippen LogP contribution in [0.2, 0.25) is 0 Å². The van der Waals surface area contributed by atoms with Crippen LogP contribution in [0.4, 0.5) is 0 Å². The summed E-state index contributed by atoms with van der Waals surface area (Å²) in [7, 11) is 0. The molecule has 0 radical (unpaired) electrons. The summed E-state index contributed by atoms with van der Waals surface area (Å²) in [6.07, 6.45) is 0. The lowest BCUT2D eigenvalue weighted by atomic mass is 11.0. The molecule has 0 amide bonds. The molecule has 0 aliphatic carbocycles. The minimum atomic E-state index is 0.428. The Hall–Kier alpha value is 1.02. The summed E-state index contributed by atoms with van der Waals surface area (Å²) in [5.74, 6) is 2.28. The Bertz CT molecular complexity index is 109. The molecule has 0 saturated carbocycles. The highest BCUT2D eigenvalue weighted by Gasteiger charge is 2.10. The summed E-state index contributed by atoms with van der Waals surface area (Å²) < 4.78 is 1.51. The molecule has 46 valence electrons. The lowest BCUT2D eigenvalue weighted by Gasteiger charge is -1.88. The molecule has 8 heavy (non-hydrogen) atoms. The molecule has 0 aromatic rings. The van der Waals surface area contributed by atoms with Gasteiger partial charge in [0.05, 0.1) is 4.24 Å². The van der Waals surface area contributed by atoms with E-state index in [-0.39, 0.29) is 0 Å². The highest BCUT2D eigenvalue weighted by atomic mass is 35.5.